The number of aryl methyl sites for hydroxylation is 1. The highest BCUT2D eigenvalue weighted by atomic mass is 32.1. The molecule has 0 N–H and O–H groups in total. The fourth-order valence-electron chi connectivity index (χ4n) is 3.90. The van der Waals surface area contributed by atoms with Crippen LogP contribution in [0.3, 0.4) is 0 Å². The van der Waals surface area contributed by atoms with Gasteiger partial charge in [-0.15, -0.1) is 0 Å². The van der Waals surface area contributed by atoms with Crippen LogP contribution in [0, 0.1) is 6.92 Å². The number of esters is 1. The Bertz CT molecular complexity index is 1440. The maximum Gasteiger partial charge on any atom is 0.338 e. The molecule has 178 valence electrons. The van der Waals surface area contributed by atoms with E-state index >= 15 is 0 Å². The smallest absolute Gasteiger partial charge is 0.338 e. The molecule has 0 spiro atoms. The number of thiazole rings is 1. The quantitative estimate of drug-likeness (QED) is 0.481. The van der Waals surface area contributed by atoms with E-state index in [0.29, 0.717) is 50.0 Å². The number of furan rings is 1. The van der Waals surface area contributed by atoms with E-state index < -0.39 is 12.0 Å². The van der Waals surface area contributed by atoms with Crippen molar-refractivity contribution in [2.75, 3.05) is 20.3 Å². The van der Waals surface area contributed by atoms with Gasteiger partial charge >= 0.3 is 5.97 Å². The molecule has 1 aliphatic heterocycles. The second-order valence-electron chi connectivity index (χ2n) is 7.59. The van der Waals surface area contributed by atoms with E-state index in [1.807, 2.05) is 26.0 Å². The van der Waals surface area contributed by atoms with Crippen LogP contribution in [0.15, 0.2) is 55.8 Å². The number of ether oxygens (including phenoxy) is 3. The molecule has 9 heteroatoms. The summed E-state index contributed by atoms with van der Waals surface area (Å²) in [5.74, 6) is 1.89. The number of methoxy groups -OCH3 is 1. The molecule has 3 aromatic rings. The van der Waals surface area contributed by atoms with Crippen molar-refractivity contribution < 1.29 is 23.4 Å². The topological polar surface area (TPSA) is 92.3 Å². The Hall–Kier alpha value is -3.59. The number of aromatic nitrogens is 1. The van der Waals surface area contributed by atoms with Crippen molar-refractivity contribution in [3.63, 3.8) is 0 Å². The molecular formula is C25H26N2O6S. The van der Waals surface area contributed by atoms with Crippen molar-refractivity contribution in [3.8, 4) is 11.5 Å². The van der Waals surface area contributed by atoms with Crippen LogP contribution in [0.2, 0.25) is 0 Å². The lowest BCUT2D eigenvalue weighted by atomic mass is 9.95. The minimum absolute atomic E-state index is 0.206. The zero-order valence-corrected chi connectivity index (χ0v) is 20.5. The molecule has 1 atom stereocenters. The normalized spacial score (nSPS) is 15.7. The summed E-state index contributed by atoms with van der Waals surface area (Å²) in [5, 5.41) is 0. The SMILES string of the molecule is CCOC(=O)C1=C(C)N=c2s/c(=C\c3ccc(C)o3)c(=O)n2C1c1ccc(OC)c(OCC)c1. The molecule has 34 heavy (non-hydrogen) atoms. The first-order valence-electron chi connectivity index (χ1n) is 10.9. The van der Waals surface area contributed by atoms with Gasteiger partial charge in [0.1, 0.15) is 11.5 Å². The zero-order chi connectivity index (χ0) is 24.4. The average Bonchev–Trinajstić information content (AvgIpc) is 3.35. The Morgan fingerprint density at radius 1 is 1.18 bits per heavy atom. The minimum atomic E-state index is -0.735. The van der Waals surface area contributed by atoms with Crippen molar-refractivity contribution >= 4 is 23.4 Å². The summed E-state index contributed by atoms with van der Waals surface area (Å²) >= 11 is 1.24. The molecule has 1 aromatic carbocycles. The third-order valence-corrected chi connectivity index (χ3v) is 6.34. The van der Waals surface area contributed by atoms with Gasteiger partial charge in [0.25, 0.3) is 5.56 Å². The monoisotopic (exact) mass is 482 g/mol. The molecule has 0 radical (unpaired) electrons. The van der Waals surface area contributed by atoms with E-state index in [-0.39, 0.29) is 12.2 Å². The first-order chi connectivity index (χ1) is 16.4. The lowest BCUT2D eigenvalue weighted by molar-refractivity contribution is -0.139. The van der Waals surface area contributed by atoms with Crippen LogP contribution in [0.5, 0.6) is 11.5 Å². The molecule has 0 saturated carbocycles. The van der Waals surface area contributed by atoms with Gasteiger partial charge in [0.15, 0.2) is 16.3 Å². The Kier molecular flexibility index (Phi) is 6.74. The van der Waals surface area contributed by atoms with Gasteiger partial charge in [-0.3, -0.25) is 9.36 Å². The second-order valence-corrected chi connectivity index (χ2v) is 8.60. The van der Waals surface area contributed by atoms with Crippen LogP contribution in [0.25, 0.3) is 6.08 Å². The first kappa shape index (κ1) is 23.6. The highest BCUT2D eigenvalue weighted by molar-refractivity contribution is 7.07. The molecule has 0 bridgehead atoms. The Labute approximate surface area is 200 Å². The molecule has 2 aromatic heterocycles. The van der Waals surface area contributed by atoms with Crippen LogP contribution >= 0.6 is 11.3 Å². The number of fused-ring (bicyclic) bond motifs is 1. The van der Waals surface area contributed by atoms with Gasteiger partial charge in [-0.25, -0.2) is 9.79 Å². The van der Waals surface area contributed by atoms with Gasteiger partial charge in [-0.05, 0) is 57.5 Å². The maximum atomic E-state index is 13.6. The predicted octanol–water partition coefficient (Wildman–Crippen LogP) is 3.11. The molecule has 4 rings (SSSR count). The molecule has 0 fully saturated rings. The van der Waals surface area contributed by atoms with Gasteiger partial charge in [0.2, 0.25) is 0 Å². The second kappa shape index (κ2) is 9.72. The summed E-state index contributed by atoms with van der Waals surface area (Å²) in [7, 11) is 1.56. The summed E-state index contributed by atoms with van der Waals surface area (Å²) in [4.78, 5) is 31.7. The summed E-state index contributed by atoms with van der Waals surface area (Å²) in [6.45, 7) is 7.85. The third-order valence-electron chi connectivity index (χ3n) is 5.35. The largest absolute Gasteiger partial charge is 0.493 e. The average molecular weight is 483 g/mol. The van der Waals surface area contributed by atoms with Crippen LogP contribution in [-0.2, 0) is 9.53 Å². The van der Waals surface area contributed by atoms with Gasteiger partial charge in [0, 0.05) is 6.08 Å². The molecule has 8 nitrogen and oxygen atoms in total. The Morgan fingerprint density at radius 3 is 2.62 bits per heavy atom. The summed E-state index contributed by atoms with van der Waals surface area (Å²) in [5.41, 5.74) is 1.22. The van der Waals surface area contributed by atoms with E-state index in [1.54, 1.807) is 45.2 Å². The first-order valence-corrected chi connectivity index (χ1v) is 11.8. The number of hydrogen-bond acceptors (Lipinski definition) is 8. The molecule has 0 aliphatic carbocycles. The Morgan fingerprint density at radius 2 is 1.97 bits per heavy atom. The fourth-order valence-corrected chi connectivity index (χ4v) is 4.93. The maximum absolute atomic E-state index is 13.6. The van der Waals surface area contributed by atoms with Crippen LogP contribution in [0.1, 0.15) is 43.9 Å². The highest BCUT2D eigenvalue weighted by Crippen LogP contribution is 2.36. The molecule has 0 saturated heterocycles. The summed E-state index contributed by atoms with van der Waals surface area (Å²) in [6, 6.07) is 8.27. The van der Waals surface area contributed by atoms with Crippen molar-refractivity contribution in [1.29, 1.82) is 0 Å². The number of rotatable bonds is 7. The van der Waals surface area contributed by atoms with Crippen LogP contribution < -0.4 is 24.4 Å². The summed E-state index contributed by atoms with van der Waals surface area (Å²) < 4.78 is 24.1. The number of benzene rings is 1. The Balaban J connectivity index is 1.96. The van der Waals surface area contributed by atoms with E-state index in [4.69, 9.17) is 18.6 Å². The van der Waals surface area contributed by atoms with Crippen LogP contribution in [-0.4, -0.2) is 30.9 Å². The predicted molar refractivity (Wildman–Crippen MR) is 128 cm³/mol. The number of carbonyl (C=O) groups excluding carboxylic acids is 1. The number of carbonyl (C=O) groups is 1. The molecule has 0 amide bonds. The van der Waals surface area contributed by atoms with Gasteiger partial charge in [0.05, 0.1) is 42.2 Å². The van der Waals surface area contributed by atoms with E-state index in [9.17, 15) is 9.59 Å². The van der Waals surface area contributed by atoms with E-state index in [2.05, 4.69) is 4.99 Å². The van der Waals surface area contributed by atoms with Crippen molar-refractivity contribution in [1.82, 2.24) is 4.57 Å². The fraction of sp³-hybridized carbons (Fsp3) is 0.320. The standard InChI is InChI=1S/C25H26N2O6S/c1-6-31-19-12-16(9-11-18(19)30-5)22-21(24(29)32-7-2)15(4)26-25-27(22)23(28)20(34-25)13-17-10-8-14(3)33-17/h8-13,22H,6-7H2,1-5H3/b20-13-. The van der Waals surface area contributed by atoms with Crippen molar-refractivity contribution in [2.24, 2.45) is 4.99 Å². The lowest BCUT2D eigenvalue weighted by Crippen LogP contribution is -2.39. The minimum Gasteiger partial charge on any atom is -0.493 e. The molecule has 1 aliphatic rings. The van der Waals surface area contributed by atoms with E-state index in [1.165, 1.54) is 15.9 Å². The number of nitrogens with zero attached hydrogens (tertiary/aromatic N) is 2. The molecule has 3 heterocycles. The zero-order valence-electron chi connectivity index (χ0n) is 19.7. The van der Waals surface area contributed by atoms with Crippen molar-refractivity contribution in [3.05, 3.63) is 78.4 Å². The highest BCUT2D eigenvalue weighted by Gasteiger charge is 2.34. The summed E-state index contributed by atoms with van der Waals surface area (Å²) in [6.07, 6.45) is 1.69. The lowest BCUT2D eigenvalue weighted by Gasteiger charge is -2.25. The molecule has 1 unspecified atom stereocenters. The number of allylic oxidation sites excluding steroid dienone is 1. The molecular weight excluding hydrogens is 456 g/mol. The van der Waals surface area contributed by atoms with Crippen molar-refractivity contribution in [2.45, 2.75) is 33.7 Å². The van der Waals surface area contributed by atoms with Gasteiger partial charge in [-0.1, -0.05) is 17.4 Å². The van der Waals surface area contributed by atoms with Gasteiger partial charge < -0.3 is 18.6 Å². The number of hydrogen-bond donors (Lipinski definition) is 0. The third kappa shape index (κ3) is 4.31. The van der Waals surface area contributed by atoms with Gasteiger partial charge in [-0.2, -0.15) is 0 Å². The van der Waals surface area contributed by atoms with E-state index in [0.717, 1.165) is 5.76 Å². The van der Waals surface area contributed by atoms with Crippen LogP contribution in [0.4, 0.5) is 0 Å².